The SMILES string of the molecule is Oc1cc2c(Nc3ccc(Cl)cc3Cl)ncnc2cn1. The second kappa shape index (κ2) is 5.11. The van der Waals surface area contributed by atoms with E-state index in [0.717, 1.165) is 0 Å². The number of aromatic hydroxyl groups is 1. The smallest absolute Gasteiger partial charge is 0.211 e. The summed E-state index contributed by atoms with van der Waals surface area (Å²) < 4.78 is 0. The van der Waals surface area contributed by atoms with Gasteiger partial charge in [0.25, 0.3) is 0 Å². The molecule has 1 aromatic carbocycles. The van der Waals surface area contributed by atoms with Crippen molar-refractivity contribution in [3.05, 3.63) is 46.8 Å². The second-order valence-corrected chi connectivity index (χ2v) is 4.87. The van der Waals surface area contributed by atoms with Crippen LogP contribution in [0.3, 0.4) is 0 Å². The highest BCUT2D eigenvalue weighted by Crippen LogP contribution is 2.30. The van der Waals surface area contributed by atoms with E-state index in [4.69, 9.17) is 23.2 Å². The zero-order valence-electron chi connectivity index (χ0n) is 10.0. The first-order valence-corrected chi connectivity index (χ1v) is 6.41. The molecule has 3 aromatic rings. The van der Waals surface area contributed by atoms with Crippen LogP contribution >= 0.6 is 23.2 Å². The Morgan fingerprint density at radius 3 is 2.70 bits per heavy atom. The van der Waals surface area contributed by atoms with Crippen molar-refractivity contribution in [2.24, 2.45) is 0 Å². The number of nitrogens with one attached hydrogen (secondary N) is 1. The van der Waals surface area contributed by atoms with Crippen LogP contribution < -0.4 is 5.32 Å². The lowest BCUT2D eigenvalue weighted by Gasteiger charge is -2.10. The minimum absolute atomic E-state index is 0.0995. The normalized spacial score (nSPS) is 10.7. The lowest BCUT2D eigenvalue weighted by Crippen LogP contribution is -1.97. The molecule has 100 valence electrons. The fourth-order valence-corrected chi connectivity index (χ4v) is 2.22. The molecule has 0 fully saturated rings. The molecule has 0 saturated carbocycles. The Hall–Kier alpha value is -2.11. The molecule has 2 heterocycles. The minimum Gasteiger partial charge on any atom is -0.493 e. The first kappa shape index (κ1) is 12.9. The van der Waals surface area contributed by atoms with E-state index in [1.165, 1.54) is 18.6 Å². The van der Waals surface area contributed by atoms with Gasteiger partial charge in [0.2, 0.25) is 5.88 Å². The molecule has 0 unspecified atom stereocenters. The quantitative estimate of drug-likeness (QED) is 0.754. The predicted octanol–water partition coefficient (Wildman–Crippen LogP) is 3.78. The number of benzene rings is 1. The van der Waals surface area contributed by atoms with Crippen LogP contribution in [0.4, 0.5) is 11.5 Å². The standard InChI is InChI=1S/C13H8Cl2N4O/c14-7-1-2-10(9(15)3-7)19-13-8-4-12(20)16-5-11(8)17-6-18-13/h1-6H,(H,16,20)(H,17,18,19). The molecular formula is C13H8Cl2N4O. The van der Waals surface area contributed by atoms with Gasteiger partial charge in [0.1, 0.15) is 12.1 Å². The molecule has 0 spiro atoms. The Bertz CT molecular complexity index is 794. The van der Waals surface area contributed by atoms with Crippen LogP contribution in [0, 0.1) is 0 Å². The van der Waals surface area contributed by atoms with Gasteiger partial charge >= 0.3 is 0 Å². The van der Waals surface area contributed by atoms with Gasteiger partial charge in [-0.05, 0) is 18.2 Å². The number of halogens is 2. The maximum Gasteiger partial charge on any atom is 0.211 e. The van der Waals surface area contributed by atoms with Crippen LogP contribution in [-0.2, 0) is 0 Å². The van der Waals surface area contributed by atoms with Crippen molar-refractivity contribution in [2.75, 3.05) is 5.32 Å². The third-order valence-electron chi connectivity index (χ3n) is 2.69. The summed E-state index contributed by atoms with van der Waals surface area (Å²) in [6.45, 7) is 0. The third-order valence-corrected chi connectivity index (χ3v) is 3.24. The monoisotopic (exact) mass is 306 g/mol. The highest BCUT2D eigenvalue weighted by molar-refractivity contribution is 6.36. The summed E-state index contributed by atoms with van der Waals surface area (Å²) in [5, 5.41) is 14.2. The molecule has 0 aliphatic rings. The number of nitrogens with zero attached hydrogens (tertiary/aromatic N) is 3. The molecule has 0 atom stereocenters. The Labute approximate surface area is 124 Å². The molecule has 2 N–H and O–H groups in total. The summed E-state index contributed by atoms with van der Waals surface area (Å²) in [5.74, 6) is 0.425. The van der Waals surface area contributed by atoms with Crippen LogP contribution in [0.15, 0.2) is 36.8 Å². The van der Waals surface area contributed by atoms with Crippen molar-refractivity contribution >= 4 is 45.6 Å². The fraction of sp³-hybridized carbons (Fsp3) is 0. The van der Waals surface area contributed by atoms with Gasteiger partial charge in [0.15, 0.2) is 0 Å². The molecule has 7 heteroatoms. The maximum atomic E-state index is 9.47. The summed E-state index contributed by atoms with van der Waals surface area (Å²) in [4.78, 5) is 12.0. The van der Waals surface area contributed by atoms with E-state index >= 15 is 0 Å². The fourth-order valence-electron chi connectivity index (χ4n) is 1.77. The maximum absolute atomic E-state index is 9.47. The molecule has 3 rings (SSSR count). The van der Waals surface area contributed by atoms with Crippen LogP contribution in [0.1, 0.15) is 0 Å². The number of aromatic nitrogens is 3. The number of pyridine rings is 1. The number of anilines is 2. The summed E-state index contributed by atoms with van der Waals surface area (Å²) >= 11 is 12.0. The molecule has 0 bridgehead atoms. The molecule has 0 aliphatic heterocycles. The van der Waals surface area contributed by atoms with E-state index in [-0.39, 0.29) is 5.88 Å². The largest absolute Gasteiger partial charge is 0.493 e. The van der Waals surface area contributed by atoms with Crippen LogP contribution in [-0.4, -0.2) is 20.1 Å². The number of rotatable bonds is 2. The van der Waals surface area contributed by atoms with Gasteiger partial charge in [-0.1, -0.05) is 23.2 Å². The summed E-state index contributed by atoms with van der Waals surface area (Å²) in [7, 11) is 0. The summed E-state index contributed by atoms with van der Waals surface area (Å²) in [6.07, 6.45) is 2.88. The van der Waals surface area contributed by atoms with Crippen LogP contribution in [0.2, 0.25) is 10.0 Å². The lowest BCUT2D eigenvalue weighted by molar-refractivity contribution is 0.454. The van der Waals surface area contributed by atoms with Crippen molar-refractivity contribution in [3.8, 4) is 5.88 Å². The molecule has 0 amide bonds. The van der Waals surface area contributed by atoms with Crippen LogP contribution in [0.25, 0.3) is 10.9 Å². The highest BCUT2D eigenvalue weighted by Gasteiger charge is 2.08. The molecule has 20 heavy (non-hydrogen) atoms. The van der Waals surface area contributed by atoms with Crippen molar-refractivity contribution in [1.29, 1.82) is 0 Å². The summed E-state index contributed by atoms with van der Waals surface area (Å²) in [6, 6.07) is 6.59. The number of hydrogen-bond donors (Lipinski definition) is 2. The first-order valence-electron chi connectivity index (χ1n) is 5.65. The average molecular weight is 307 g/mol. The lowest BCUT2D eigenvalue weighted by atomic mass is 10.2. The number of hydrogen-bond acceptors (Lipinski definition) is 5. The molecule has 0 aliphatic carbocycles. The molecular weight excluding hydrogens is 299 g/mol. The summed E-state index contributed by atoms with van der Waals surface area (Å²) in [5.41, 5.74) is 1.28. The molecule has 5 nitrogen and oxygen atoms in total. The van der Waals surface area contributed by atoms with Crippen molar-refractivity contribution in [1.82, 2.24) is 15.0 Å². The van der Waals surface area contributed by atoms with Gasteiger partial charge in [0.05, 0.1) is 22.4 Å². The van der Waals surface area contributed by atoms with E-state index in [9.17, 15) is 5.11 Å². The zero-order chi connectivity index (χ0) is 14.1. The van der Waals surface area contributed by atoms with E-state index in [1.807, 2.05) is 0 Å². The third kappa shape index (κ3) is 2.45. The Kier molecular flexibility index (Phi) is 3.30. The van der Waals surface area contributed by atoms with Crippen molar-refractivity contribution in [3.63, 3.8) is 0 Å². The van der Waals surface area contributed by atoms with E-state index in [2.05, 4.69) is 20.3 Å². The Morgan fingerprint density at radius 1 is 1.05 bits per heavy atom. The van der Waals surface area contributed by atoms with Gasteiger partial charge in [-0.15, -0.1) is 0 Å². The molecule has 0 radical (unpaired) electrons. The van der Waals surface area contributed by atoms with Gasteiger partial charge in [-0.3, -0.25) is 0 Å². The van der Waals surface area contributed by atoms with Gasteiger partial charge < -0.3 is 10.4 Å². The van der Waals surface area contributed by atoms with Crippen LogP contribution in [0.5, 0.6) is 5.88 Å². The molecule has 0 saturated heterocycles. The zero-order valence-corrected chi connectivity index (χ0v) is 11.5. The Morgan fingerprint density at radius 2 is 1.90 bits per heavy atom. The highest BCUT2D eigenvalue weighted by atomic mass is 35.5. The second-order valence-electron chi connectivity index (χ2n) is 4.03. The van der Waals surface area contributed by atoms with Crippen molar-refractivity contribution < 1.29 is 5.11 Å². The van der Waals surface area contributed by atoms with Gasteiger partial charge in [-0.2, -0.15) is 0 Å². The van der Waals surface area contributed by atoms with Gasteiger partial charge in [0, 0.05) is 16.5 Å². The van der Waals surface area contributed by atoms with Crippen molar-refractivity contribution in [2.45, 2.75) is 0 Å². The Balaban J connectivity index is 2.08. The predicted molar refractivity (Wildman–Crippen MR) is 78.7 cm³/mol. The minimum atomic E-state index is -0.0995. The van der Waals surface area contributed by atoms with E-state index in [0.29, 0.717) is 32.5 Å². The van der Waals surface area contributed by atoms with E-state index < -0.39 is 0 Å². The van der Waals surface area contributed by atoms with E-state index in [1.54, 1.807) is 18.2 Å². The topological polar surface area (TPSA) is 70.9 Å². The average Bonchev–Trinajstić information content (AvgIpc) is 2.42. The first-order chi connectivity index (χ1) is 9.63. The molecule has 2 aromatic heterocycles. The number of fused-ring (bicyclic) bond motifs is 1. The van der Waals surface area contributed by atoms with Gasteiger partial charge in [-0.25, -0.2) is 15.0 Å².